The third-order valence-electron chi connectivity index (χ3n) is 4.57. The number of aliphatic hydroxyl groups is 2. The van der Waals surface area contributed by atoms with Gasteiger partial charge in [0.2, 0.25) is 0 Å². The molecule has 3 aliphatic heterocycles. The highest BCUT2D eigenvalue weighted by Gasteiger charge is 2.42. The van der Waals surface area contributed by atoms with E-state index in [0.29, 0.717) is 11.5 Å². The highest BCUT2D eigenvalue weighted by molar-refractivity contribution is 5.85. The third-order valence-corrected chi connectivity index (χ3v) is 4.57. The van der Waals surface area contributed by atoms with Crippen molar-refractivity contribution in [2.24, 2.45) is 0 Å². The van der Waals surface area contributed by atoms with Gasteiger partial charge in [-0.05, 0) is 18.4 Å². The van der Waals surface area contributed by atoms with Gasteiger partial charge in [-0.3, -0.25) is 4.57 Å². The summed E-state index contributed by atoms with van der Waals surface area (Å²) in [5.41, 5.74) is 3.04. The summed E-state index contributed by atoms with van der Waals surface area (Å²) in [6.45, 7) is 1.71. The minimum absolute atomic E-state index is 0.476. The van der Waals surface area contributed by atoms with E-state index in [-0.39, 0.29) is 0 Å². The Kier molecular flexibility index (Phi) is 3.77. The van der Waals surface area contributed by atoms with Gasteiger partial charge < -0.3 is 14.9 Å². The van der Waals surface area contributed by atoms with Crippen LogP contribution in [0, 0.1) is 12.3 Å². The Morgan fingerprint density at radius 1 is 1.16 bits per heavy atom. The van der Waals surface area contributed by atoms with Gasteiger partial charge >= 0.3 is 0 Å². The molecule has 2 N–H and O–H groups in total. The number of benzene rings is 1. The van der Waals surface area contributed by atoms with Crippen molar-refractivity contribution in [2.75, 3.05) is 0 Å². The maximum atomic E-state index is 10.3. The van der Waals surface area contributed by atoms with Crippen LogP contribution in [0.1, 0.15) is 18.8 Å². The predicted molar refractivity (Wildman–Crippen MR) is 91.6 cm³/mol. The number of hydrogen-bond donors (Lipinski definition) is 2. The molecular formula is C19H17N3O3. The highest BCUT2D eigenvalue weighted by Crippen LogP contribution is 2.38. The SMILES string of the molecule is C#Cc1ncn([C@@H]2O[C@H](C)[C@H](O)[C@@H]2O)c2ncc(-c3ccccc3)c1-2. The normalized spacial score (nSPS) is 26.0. The van der Waals surface area contributed by atoms with Crippen molar-refractivity contribution < 1.29 is 14.9 Å². The van der Waals surface area contributed by atoms with Gasteiger partial charge in [0.15, 0.2) is 6.23 Å². The number of ether oxygens (including phenoxy) is 1. The summed E-state index contributed by atoms with van der Waals surface area (Å²) in [4.78, 5) is 8.81. The summed E-state index contributed by atoms with van der Waals surface area (Å²) >= 11 is 0. The van der Waals surface area contributed by atoms with Gasteiger partial charge in [-0.1, -0.05) is 30.3 Å². The first-order chi connectivity index (χ1) is 12.1. The lowest BCUT2D eigenvalue weighted by Crippen LogP contribution is -2.31. The van der Waals surface area contributed by atoms with Crippen LogP contribution < -0.4 is 0 Å². The van der Waals surface area contributed by atoms with Crippen LogP contribution in [-0.4, -0.2) is 43.1 Å². The van der Waals surface area contributed by atoms with Crippen molar-refractivity contribution in [1.82, 2.24) is 14.5 Å². The van der Waals surface area contributed by atoms with Crippen molar-refractivity contribution >= 4 is 0 Å². The average molecular weight is 335 g/mol. The number of nitrogens with zero attached hydrogens (tertiary/aromatic N) is 3. The van der Waals surface area contributed by atoms with E-state index in [4.69, 9.17) is 11.2 Å². The maximum Gasteiger partial charge on any atom is 0.165 e. The fraction of sp³-hybridized carbons (Fsp3) is 0.263. The predicted octanol–water partition coefficient (Wildman–Crippen LogP) is 1.67. The molecule has 0 radical (unpaired) electrons. The molecule has 1 aromatic rings. The molecule has 6 nitrogen and oxygen atoms in total. The van der Waals surface area contributed by atoms with Gasteiger partial charge in [0.05, 0.1) is 18.0 Å². The van der Waals surface area contributed by atoms with E-state index in [0.717, 1.165) is 16.7 Å². The molecule has 4 rings (SSSR count). The summed E-state index contributed by atoms with van der Waals surface area (Å²) in [5.74, 6) is 3.16. The molecular weight excluding hydrogens is 318 g/mol. The number of hydrogen-bond acceptors (Lipinski definition) is 5. The molecule has 25 heavy (non-hydrogen) atoms. The van der Waals surface area contributed by atoms with E-state index in [1.165, 1.54) is 6.33 Å². The van der Waals surface area contributed by atoms with Crippen LogP contribution in [0.4, 0.5) is 0 Å². The van der Waals surface area contributed by atoms with Crippen LogP contribution in [0.2, 0.25) is 0 Å². The van der Waals surface area contributed by atoms with Crippen LogP contribution in [-0.2, 0) is 4.74 Å². The molecule has 1 fully saturated rings. The van der Waals surface area contributed by atoms with Crippen LogP contribution in [0.15, 0.2) is 42.9 Å². The molecule has 1 saturated heterocycles. The molecule has 0 unspecified atom stereocenters. The third kappa shape index (κ3) is 2.41. The summed E-state index contributed by atoms with van der Waals surface area (Å²) < 4.78 is 7.32. The zero-order valence-electron chi connectivity index (χ0n) is 13.6. The Hall–Kier alpha value is -2.72. The standard InChI is InChI=1S/C19H17N3O3/c1-3-14-15-13(12-7-5-4-6-8-12)9-20-18(15)22(10-21-14)19-17(24)16(23)11(2)25-19/h1,4-11,16-17,19,23-24H,2H3/t11-,16+,17+,19-/m1/s1. The number of aliphatic hydroxyl groups excluding tert-OH is 2. The minimum Gasteiger partial charge on any atom is -0.388 e. The topological polar surface area (TPSA) is 80.4 Å². The molecule has 3 aliphatic rings. The zero-order chi connectivity index (χ0) is 17.6. The molecule has 3 heterocycles. The fourth-order valence-corrected chi connectivity index (χ4v) is 3.23. The molecule has 1 aromatic carbocycles. The second-order valence-electron chi connectivity index (χ2n) is 6.09. The first-order valence-corrected chi connectivity index (χ1v) is 8.01. The number of terminal acetylenes is 1. The minimum atomic E-state index is -1.07. The molecule has 0 aromatic heterocycles. The van der Waals surface area contributed by atoms with Gasteiger partial charge in [0.1, 0.15) is 23.7 Å². The quantitative estimate of drug-likeness (QED) is 0.697. The largest absolute Gasteiger partial charge is 0.388 e. The molecule has 126 valence electrons. The van der Waals surface area contributed by atoms with E-state index < -0.39 is 24.5 Å². The van der Waals surface area contributed by atoms with E-state index >= 15 is 0 Å². The van der Waals surface area contributed by atoms with E-state index in [1.807, 2.05) is 30.3 Å². The lowest BCUT2D eigenvalue weighted by atomic mass is 10.0. The second kappa shape index (κ2) is 5.97. The second-order valence-corrected chi connectivity index (χ2v) is 6.09. The Bertz CT molecular complexity index is 916. The van der Waals surface area contributed by atoms with E-state index in [9.17, 15) is 10.2 Å². The van der Waals surface area contributed by atoms with E-state index in [1.54, 1.807) is 17.7 Å². The molecule has 0 spiro atoms. The summed E-state index contributed by atoms with van der Waals surface area (Å²) in [6, 6.07) is 9.77. The fourth-order valence-electron chi connectivity index (χ4n) is 3.23. The smallest absolute Gasteiger partial charge is 0.165 e. The van der Waals surface area contributed by atoms with Crippen LogP contribution in [0.3, 0.4) is 0 Å². The lowest BCUT2D eigenvalue weighted by molar-refractivity contribution is -0.0323. The molecule has 0 amide bonds. The van der Waals surface area contributed by atoms with Crippen molar-refractivity contribution in [2.45, 2.75) is 31.5 Å². The van der Waals surface area contributed by atoms with Gasteiger partial charge in [-0.25, -0.2) is 9.97 Å². The van der Waals surface area contributed by atoms with Crippen molar-refractivity contribution in [3.63, 3.8) is 0 Å². The van der Waals surface area contributed by atoms with Gasteiger partial charge in [0, 0.05) is 11.8 Å². The molecule has 0 saturated carbocycles. The van der Waals surface area contributed by atoms with Crippen molar-refractivity contribution in [3.05, 3.63) is 48.5 Å². The van der Waals surface area contributed by atoms with Crippen LogP contribution in [0.5, 0.6) is 0 Å². The van der Waals surface area contributed by atoms with Crippen LogP contribution >= 0.6 is 0 Å². The van der Waals surface area contributed by atoms with Gasteiger partial charge in [-0.2, -0.15) is 0 Å². The zero-order valence-corrected chi connectivity index (χ0v) is 13.6. The van der Waals surface area contributed by atoms with Gasteiger partial charge in [0.25, 0.3) is 0 Å². The van der Waals surface area contributed by atoms with Crippen molar-refractivity contribution in [3.8, 4) is 34.9 Å². The van der Waals surface area contributed by atoms with Gasteiger partial charge in [-0.15, -0.1) is 6.42 Å². The Balaban J connectivity index is 1.87. The first-order valence-electron chi connectivity index (χ1n) is 8.01. The Labute approximate surface area is 145 Å². The average Bonchev–Trinajstić information content (AvgIpc) is 3.19. The summed E-state index contributed by atoms with van der Waals surface area (Å²) in [5, 5.41) is 20.3. The van der Waals surface area contributed by atoms with Crippen LogP contribution in [0.25, 0.3) is 22.5 Å². The Morgan fingerprint density at radius 2 is 1.92 bits per heavy atom. The number of rotatable bonds is 2. The summed E-state index contributed by atoms with van der Waals surface area (Å²) in [6.07, 6.45) is 5.56. The summed E-state index contributed by atoms with van der Waals surface area (Å²) in [7, 11) is 0. The maximum absolute atomic E-state index is 10.3. The first kappa shape index (κ1) is 15.8. The number of aromatic nitrogens is 3. The van der Waals surface area contributed by atoms with E-state index in [2.05, 4.69) is 15.9 Å². The molecule has 6 heteroatoms. The lowest BCUT2D eigenvalue weighted by Gasteiger charge is -2.21. The molecule has 0 bridgehead atoms. The Morgan fingerprint density at radius 3 is 2.56 bits per heavy atom. The monoisotopic (exact) mass is 335 g/mol. The number of fused-ring (bicyclic) bond motifs is 1. The highest BCUT2D eigenvalue weighted by atomic mass is 16.6. The molecule has 0 aliphatic carbocycles. The molecule has 4 atom stereocenters. The van der Waals surface area contributed by atoms with Crippen molar-refractivity contribution in [1.29, 1.82) is 0 Å².